The fourth-order valence-corrected chi connectivity index (χ4v) is 1.83. The smallest absolute Gasteiger partial charge is 0.0193 e. The highest BCUT2D eigenvalue weighted by Crippen LogP contribution is 1.99. The molecule has 0 spiro atoms. The lowest BCUT2D eigenvalue weighted by molar-refractivity contribution is 0.180. The molecular weight excluding hydrogens is 174 g/mol. The van der Waals surface area contributed by atoms with Gasteiger partial charge >= 0.3 is 0 Å². The lowest BCUT2D eigenvalue weighted by atomic mass is 10.2. The first-order valence-corrected chi connectivity index (χ1v) is 5.85. The van der Waals surface area contributed by atoms with Crippen LogP contribution in [0.1, 0.15) is 20.8 Å². The maximum absolute atomic E-state index is 3.52. The van der Waals surface area contributed by atoms with Crippen LogP contribution >= 0.6 is 0 Å². The Morgan fingerprint density at radius 3 is 2.36 bits per heavy atom. The van der Waals surface area contributed by atoms with Crippen molar-refractivity contribution in [3.63, 3.8) is 0 Å². The van der Waals surface area contributed by atoms with Crippen LogP contribution in [-0.4, -0.2) is 50.2 Å². The summed E-state index contributed by atoms with van der Waals surface area (Å²) in [5, 5.41) is 6.90. The van der Waals surface area contributed by atoms with Crippen LogP contribution in [0.15, 0.2) is 0 Å². The molecule has 0 amide bonds. The molecule has 0 radical (unpaired) electrons. The largest absolute Gasteiger partial charge is 0.315 e. The number of piperazine rings is 1. The van der Waals surface area contributed by atoms with Crippen molar-refractivity contribution in [3.05, 3.63) is 0 Å². The Hall–Kier alpha value is -0.120. The highest BCUT2D eigenvalue weighted by atomic mass is 15.2. The van der Waals surface area contributed by atoms with Gasteiger partial charge in [-0.2, -0.15) is 0 Å². The second-order valence-electron chi connectivity index (χ2n) is 4.69. The average Bonchev–Trinajstić information content (AvgIpc) is 2.18. The molecule has 0 aromatic heterocycles. The topological polar surface area (TPSA) is 27.3 Å². The molecule has 0 bridgehead atoms. The molecular formula is C11H25N3. The first-order valence-electron chi connectivity index (χ1n) is 5.85. The fourth-order valence-electron chi connectivity index (χ4n) is 1.83. The zero-order chi connectivity index (χ0) is 10.4. The molecule has 1 aliphatic rings. The van der Waals surface area contributed by atoms with E-state index in [2.05, 4.69) is 36.3 Å². The van der Waals surface area contributed by atoms with E-state index in [9.17, 15) is 0 Å². The molecule has 3 nitrogen and oxygen atoms in total. The summed E-state index contributed by atoms with van der Waals surface area (Å²) in [5.74, 6) is 0.755. The monoisotopic (exact) mass is 199 g/mol. The number of hydrogen-bond acceptors (Lipinski definition) is 3. The maximum atomic E-state index is 3.52. The van der Waals surface area contributed by atoms with Gasteiger partial charge in [0.2, 0.25) is 0 Å². The average molecular weight is 199 g/mol. The van der Waals surface area contributed by atoms with Crippen molar-refractivity contribution in [3.8, 4) is 0 Å². The van der Waals surface area contributed by atoms with Crippen LogP contribution in [-0.2, 0) is 0 Å². The first-order chi connectivity index (χ1) is 6.70. The Kier molecular flexibility index (Phi) is 5.45. The molecule has 0 saturated carbocycles. The Bertz CT molecular complexity index is 141. The highest BCUT2D eigenvalue weighted by Gasteiger charge is 2.15. The van der Waals surface area contributed by atoms with Crippen LogP contribution in [0, 0.1) is 5.92 Å². The van der Waals surface area contributed by atoms with Crippen molar-refractivity contribution < 1.29 is 0 Å². The maximum Gasteiger partial charge on any atom is 0.0193 e. The minimum Gasteiger partial charge on any atom is -0.315 e. The normalized spacial score (nSPS) is 21.4. The Morgan fingerprint density at radius 1 is 1.14 bits per heavy atom. The van der Waals surface area contributed by atoms with E-state index in [-0.39, 0.29) is 0 Å². The van der Waals surface area contributed by atoms with Gasteiger partial charge in [-0.3, -0.25) is 4.90 Å². The molecule has 0 aromatic rings. The summed E-state index contributed by atoms with van der Waals surface area (Å²) in [6.07, 6.45) is 0. The lowest BCUT2D eigenvalue weighted by Gasteiger charge is -2.33. The van der Waals surface area contributed by atoms with Crippen molar-refractivity contribution >= 4 is 0 Å². The number of nitrogens with one attached hydrogen (secondary N) is 2. The molecule has 1 heterocycles. The second kappa shape index (κ2) is 6.38. The third-order valence-corrected chi connectivity index (χ3v) is 2.77. The minimum absolute atomic E-state index is 0.677. The van der Waals surface area contributed by atoms with Gasteiger partial charge in [-0.1, -0.05) is 13.8 Å². The SMILES string of the molecule is CC(C)CNCC(C)N1CCNCC1. The predicted octanol–water partition coefficient (Wildman–Crippen LogP) is 0.526. The molecule has 2 N–H and O–H groups in total. The van der Waals surface area contributed by atoms with E-state index in [1.165, 1.54) is 13.1 Å². The fraction of sp³-hybridized carbons (Fsp3) is 1.00. The second-order valence-corrected chi connectivity index (χ2v) is 4.69. The van der Waals surface area contributed by atoms with E-state index in [4.69, 9.17) is 0 Å². The van der Waals surface area contributed by atoms with Gasteiger partial charge in [-0.15, -0.1) is 0 Å². The molecule has 1 rings (SSSR count). The van der Waals surface area contributed by atoms with E-state index in [1.54, 1.807) is 0 Å². The van der Waals surface area contributed by atoms with E-state index < -0.39 is 0 Å². The molecule has 14 heavy (non-hydrogen) atoms. The summed E-state index contributed by atoms with van der Waals surface area (Å²) in [5.41, 5.74) is 0. The molecule has 1 atom stereocenters. The molecule has 1 aliphatic heterocycles. The van der Waals surface area contributed by atoms with Crippen LogP contribution in [0.25, 0.3) is 0 Å². The molecule has 0 aliphatic carbocycles. The van der Waals surface area contributed by atoms with Gasteiger partial charge in [0.05, 0.1) is 0 Å². The summed E-state index contributed by atoms with van der Waals surface area (Å²) >= 11 is 0. The van der Waals surface area contributed by atoms with Crippen molar-refractivity contribution in [2.24, 2.45) is 5.92 Å². The number of hydrogen-bond donors (Lipinski definition) is 2. The number of rotatable bonds is 5. The molecule has 1 unspecified atom stereocenters. The third-order valence-electron chi connectivity index (χ3n) is 2.77. The Balaban J connectivity index is 2.10. The summed E-state index contributed by atoms with van der Waals surface area (Å²) in [4.78, 5) is 2.56. The van der Waals surface area contributed by atoms with E-state index >= 15 is 0 Å². The molecule has 3 heteroatoms. The summed E-state index contributed by atoms with van der Waals surface area (Å²) in [6, 6.07) is 0.677. The predicted molar refractivity (Wildman–Crippen MR) is 61.6 cm³/mol. The van der Waals surface area contributed by atoms with Crippen LogP contribution in [0.4, 0.5) is 0 Å². The van der Waals surface area contributed by atoms with Gasteiger partial charge in [-0.05, 0) is 19.4 Å². The minimum atomic E-state index is 0.677. The van der Waals surface area contributed by atoms with Crippen LogP contribution in [0.2, 0.25) is 0 Å². The van der Waals surface area contributed by atoms with Gasteiger partial charge in [0.1, 0.15) is 0 Å². The van der Waals surface area contributed by atoms with Crippen molar-refractivity contribution in [2.75, 3.05) is 39.3 Å². The summed E-state index contributed by atoms with van der Waals surface area (Å²) in [6.45, 7) is 13.8. The molecule has 1 fully saturated rings. The van der Waals surface area contributed by atoms with Crippen LogP contribution in [0.5, 0.6) is 0 Å². The standard InChI is InChI=1S/C11H25N3/c1-10(2)8-13-9-11(3)14-6-4-12-5-7-14/h10-13H,4-9H2,1-3H3. The van der Waals surface area contributed by atoms with E-state index in [0.717, 1.165) is 32.1 Å². The van der Waals surface area contributed by atoms with Gasteiger partial charge in [0.15, 0.2) is 0 Å². The zero-order valence-corrected chi connectivity index (χ0v) is 9.84. The molecule has 84 valence electrons. The quantitative estimate of drug-likeness (QED) is 0.676. The van der Waals surface area contributed by atoms with E-state index in [1.807, 2.05) is 0 Å². The van der Waals surface area contributed by atoms with Gasteiger partial charge in [0, 0.05) is 38.8 Å². The van der Waals surface area contributed by atoms with Crippen molar-refractivity contribution in [2.45, 2.75) is 26.8 Å². The first kappa shape index (κ1) is 12.0. The summed E-state index contributed by atoms with van der Waals surface area (Å²) < 4.78 is 0. The molecule has 0 aromatic carbocycles. The highest BCUT2D eigenvalue weighted by molar-refractivity contribution is 4.75. The number of nitrogens with zero attached hydrogens (tertiary/aromatic N) is 1. The zero-order valence-electron chi connectivity index (χ0n) is 9.84. The Labute approximate surface area is 88.2 Å². The summed E-state index contributed by atoms with van der Waals surface area (Å²) in [7, 11) is 0. The van der Waals surface area contributed by atoms with Crippen LogP contribution < -0.4 is 10.6 Å². The molecule has 1 saturated heterocycles. The van der Waals surface area contributed by atoms with Gasteiger partial charge in [-0.25, -0.2) is 0 Å². The van der Waals surface area contributed by atoms with Gasteiger partial charge in [0.25, 0.3) is 0 Å². The van der Waals surface area contributed by atoms with E-state index in [0.29, 0.717) is 6.04 Å². The van der Waals surface area contributed by atoms with Crippen molar-refractivity contribution in [1.82, 2.24) is 15.5 Å². The van der Waals surface area contributed by atoms with Crippen LogP contribution in [0.3, 0.4) is 0 Å². The Morgan fingerprint density at radius 2 is 1.79 bits per heavy atom. The third kappa shape index (κ3) is 4.40. The van der Waals surface area contributed by atoms with Gasteiger partial charge < -0.3 is 10.6 Å². The lowest BCUT2D eigenvalue weighted by Crippen LogP contribution is -2.50. The van der Waals surface area contributed by atoms with Crippen molar-refractivity contribution in [1.29, 1.82) is 0 Å².